The molecule has 0 atom stereocenters. The number of anilines is 1. The minimum absolute atomic E-state index is 0.761. The maximum atomic E-state index is 5.90. The van der Waals surface area contributed by atoms with Crippen molar-refractivity contribution in [2.45, 2.75) is 27.2 Å². The van der Waals surface area contributed by atoms with Gasteiger partial charge in [-0.3, -0.25) is 0 Å². The van der Waals surface area contributed by atoms with Crippen LogP contribution >= 0.6 is 0 Å². The third-order valence-electron chi connectivity index (χ3n) is 3.72. The number of rotatable bonds is 2. The Bertz CT molecular complexity index is 784. The second kappa shape index (κ2) is 4.67. The first kappa shape index (κ1) is 12.7. The normalized spacial score (nSPS) is 11.2. The molecule has 3 heteroatoms. The SMILES string of the molecule is CCc1c(-c2cc(C)ccc2C)nc2ccc(N)cn12. The lowest BCUT2D eigenvalue weighted by atomic mass is 10.0. The van der Waals surface area contributed by atoms with Crippen molar-refractivity contribution in [3.05, 3.63) is 53.3 Å². The number of benzene rings is 1. The highest BCUT2D eigenvalue weighted by molar-refractivity contribution is 5.70. The number of aromatic nitrogens is 2. The van der Waals surface area contributed by atoms with Gasteiger partial charge in [-0.05, 0) is 44.0 Å². The van der Waals surface area contributed by atoms with Crippen LogP contribution in [0.15, 0.2) is 36.5 Å². The number of imidazole rings is 1. The molecule has 0 amide bonds. The standard InChI is InChI=1S/C17H19N3/c1-4-15-17(14-9-11(2)5-6-12(14)3)19-16-8-7-13(18)10-20(15)16/h5-10H,4,18H2,1-3H3. The predicted molar refractivity (Wildman–Crippen MR) is 83.9 cm³/mol. The molecule has 0 saturated carbocycles. The van der Waals surface area contributed by atoms with Gasteiger partial charge in [-0.25, -0.2) is 4.98 Å². The summed E-state index contributed by atoms with van der Waals surface area (Å²) in [7, 11) is 0. The molecule has 0 saturated heterocycles. The summed E-state index contributed by atoms with van der Waals surface area (Å²) in [5.74, 6) is 0. The van der Waals surface area contributed by atoms with Crippen molar-refractivity contribution in [2.24, 2.45) is 0 Å². The molecular formula is C17H19N3. The molecule has 0 unspecified atom stereocenters. The summed E-state index contributed by atoms with van der Waals surface area (Å²) in [5, 5.41) is 0. The van der Waals surface area contributed by atoms with Gasteiger partial charge >= 0.3 is 0 Å². The molecule has 0 bridgehead atoms. The average Bonchev–Trinajstić information content (AvgIpc) is 2.79. The molecule has 2 heterocycles. The molecule has 3 rings (SSSR count). The number of fused-ring (bicyclic) bond motifs is 1. The summed E-state index contributed by atoms with van der Waals surface area (Å²) < 4.78 is 2.10. The van der Waals surface area contributed by atoms with Crippen molar-refractivity contribution in [3.8, 4) is 11.3 Å². The van der Waals surface area contributed by atoms with E-state index in [1.807, 2.05) is 18.3 Å². The van der Waals surface area contributed by atoms with Crippen molar-refractivity contribution >= 4 is 11.3 Å². The molecular weight excluding hydrogens is 246 g/mol. The fraction of sp³-hybridized carbons (Fsp3) is 0.235. The number of hydrogen-bond acceptors (Lipinski definition) is 2. The maximum Gasteiger partial charge on any atom is 0.137 e. The molecule has 20 heavy (non-hydrogen) atoms. The van der Waals surface area contributed by atoms with Crippen LogP contribution in [-0.4, -0.2) is 9.38 Å². The maximum absolute atomic E-state index is 5.90. The zero-order chi connectivity index (χ0) is 14.3. The highest BCUT2D eigenvalue weighted by Crippen LogP contribution is 2.29. The third kappa shape index (κ3) is 1.95. The Morgan fingerprint density at radius 2 is 1.95 bits per heavy atom. The molecule has 2 aromatic heterocycles. The molecule has 102 valence electrons. The van der Waals surface area contributed by atoms with E-state index in [9.17, 15) is 0 Å². The van der Waals surface area contributed by atoms with Gasteiger partial charge in [-0.2, -0.15) is 0 Å². The van der Waals surface area contributed by atoms with Gasteiger partial charge in [0.25, 0.3) is 0 Å². The number of hydrogen-bond donors (Lipinski definition) is 1. The summed E-state index contributed by atoms with van der Waals surface area (Å²) in [5.41, 5.74) is 13.6. The molecule has 0 aliphatic heterocycles. The van der Waals surface area contributed by atoms with Crippen LogP contribution in [-0.2, 0) is 6.42 Å². The van der Waals surface area contributed by atoms with Crippen LogP contribution in [0.3, 0.4) is 0 Å². The van der Waals surface area contributed by atoms with Gasteiger partial charge in [-0.1, -0.05) is 24.6 Å². The summed E-state index contributed by atoms with van der Waals surface area (Å²) >= 11 is 0. The molecule has 0 fully saturated rings. The van der Waals surface area contributed by atoms with E-state index in [0.29, 0.717) is 0 Å². The van der Waals surface area contributed by atoms with Crippen LogP contribution in [0.1, 0.15) is 23.7 Å². The van der Waals surface area contributed by atoms with Crippen molar-refractivity contribution in [1.29, 1.82) is 0 Å². The second-order valence-electron chi connectivity index (χ2n) is 5.27. The molecule has 0 aliphatic rings. The Hall–Kier alpha value is -2.29. The fourth-order valence-electron chi connectivity index (χ4n) is 2.65. The van der Waals surface area contributed by atoms with Crippen LogP contribution in [0.25, 0.3) is 16.9 Å². The Kier molecular flexibility index (Phi) is 2.97. The quantitative estimate of drug-likeness (QED) is 0.766. The molecule has 0 spiro atoms. The summed E-state index contributed by atoms with van der Waals surface area (Å²) in [6.07, 6.45) is 2.88. The van der Waals surface area contributed by atoms with Gasteiger partial charge in [0.15, 0.2) is 0 Å². The lowest BCUT2D eigenvalue weighted by Gasteiger charge is -2.07. The second-order valence-corrected chi connectivity index (χ2v) is 5.27. The number of aryl methyl sites for hydroxylation is 3. The van der Waals surface area contributed by atoms with E-state index < -0.39 is 0 Å². The van der Waals surface area contributed by atoms with Gasteiger partial charge in [0.05, 0.1) is 11.4 Å². The molecule has 1 aromatic carbocycles. The first-order valence-electron chi connectivity index (χ1n) is 6.94. The van der Waals surface area contributed by atoms with E-state index in [1.54, 1.807) is 0 Å². The predicted octanol–water partition coefficient (Wildman–Crippen LogP) is 3.76. The number of nitrogen functional groups attached to an aromatic ring is 1. The van der Waals surface area contributed by atoms with Crippen molar-refractivity contribution in [2.75, 3.05) is 5.73 Å². The van der Waals surface area contributed by atoms with Crippen LogP contribution < -0.4 is 5.73 Å². The van der Waals surface area contributed by atoms with E-state index >= 15 is 0 Å². The van der Waals surface area contributed by atoms with Gasteiger partial charge in [0, 0.05) is 17.4 Å². The largest absolute Gasteiger partial charge is 0.398 e. The lowest BCUT2D eigenvalue weighted by molar-refractivity contribution is 0.998. The van der Waals surface area contributed by atoms with Crippen LogP contribution in [0, 0.1) is 13.8 Å². The van der Waals surface area contributed by atoms with E-state index in [0.717, 1.165) is 23.4 Å². The first-order valence-corrected chi connectivity index (χ1v) is 6.94. The minimum Gasteiger partial charge on any atom is -0.398 e. The molecule has 0 radical (unpaired) electrons. The van der Waals surface area contributed by atoms with E-state index in [2.05, 4.69) is 43.4 Å². The highest BCUT2D eigenvalue weighted by Gasteiger charge is 2.14. The lowest BCUT2D eigenvalue weighted by Crippen LogP contribution is -1.95. The van der Waals surface area contributed by atoms with Crippen molar-refractivity contribution in [1.82, 2.24) is 9.38 Å². The van der Waals surface area contributed by atoms with Gasteiger partial charge in [0.2, 0.25) is 0 Å². The van der Waals surface area contributed by atoms with E-state index in [1.165, 1.54) is 22.4 Å². The summed E-state index contributed by atoms with van der Waals surface area (Å²) in [6.45, 7) is 6.40. The molecule has 0 aliphatic carbocycles. The topological polar surface area (TPSA) is 43.3 Å². The van der Waals surface area contributed by atoms with Crippen molar-refractivity contribution in [3.63, 3.8) is 0 Å². The summed E-state index contributed by atoms with van der Waals surface area (Å²) in [4.78, 5) is 4.80. The zero-order valence-electron chi connectivity index (χ0n) is 12.1. The fourth-order valence-corrected chi connectivity index (χ4v) is 2.65. The van der Waals surface area contributed by atoms with E-state index in [-0.39, 0.29) is 0 Å². The van der Waals surface area contributed by atoms with Crippen LogP contribution in [0.2, 0.25) is 0 Å². The van der Waals surface area contributed by atoms with Gasteiger partial charge in [-0.15, -0.1) is 0 Å². The van der Waals surface area contributed by atoms with Crippen molar-refractivity contribution < 1.29 is 0 Å². The Labute approximate surface area is 119 Å². The Balaban J connectivity index is 2.33. The highest BCUT2D eigenvalue weighted by atomic mass is 15.0. The smallest absolute Gasteiger partial charge is 0.137 e. The number of nitrogens with two attached hydrogens (primary N) is 1. The first-order chi connectivity index (χ1) is 9.60. The molecule has 3 nitrogen and oxygen atoms in total. The third-order valence-corrected chi connectivity index (χ3v) is 3.72. The molecule has 2 N–H and O–H groups in total. The number of pyridine rings is 1. The van der Waals surface area contributed by atoms with Gasteiger partial charge in [0.1, 0.15) is 5.65 Å². The Morgan fingerprint density at radius 3 is 2.70 bits per heavy atom. The van der Waals surface area contributed by atoms with Crippen LogP contribution in [0.5, 0.6) is 0 Å². The van der Waals surface area contributed by atoms with Gasteiger partial charge < -0.3 is 10.1 Å². The number of nitrogens with zero attached hydrogens (tertiary/aromatic N) is 2. The minimum atomic E-state index is 0.761. The monoisotopic (exact) mass is 265 g/mol. The molecule has 3 aromatic rings. The van der Waals surface area contributed by atoms with E-state index in [4.69, 9.17) is 10.7 Å². The Morgan fingerprint density at radius 1 is 1.15 bits per heavy atom. The van der Waals surface area contributed by atoms with Crippen LogP contribution in [0.4, 0.5) is 5.69 Å². The zero-order valence-corrected chi connectivity index (χ0v) is 12.1. The summed E-state index contributed by atoms with van der Waals surface area (Å²) in [6, 6.07) is 10.4. The average molecular weight is 265 g/mol.